The summed E-state index contributed by atoms with van der Waals surface area (Å²) in [6, 6.07) is 6.45. The van der Waals surface area contributed by atoms with Crippen LogP contribution in [0.2, 0.25) is 0 Å². The minimum Gasteiger partial charge on any atom is -0.341 e. The molecular formula is C14H16FN3. The van der Waals surface area contributed by atoms with Crippen molar-refractivity contribution in [2.45, 2.75) is 25.3 Å². The van der Waals surface area contributed by atoms with Crippen LogP contribution in [0.15, 0.2) is 24.3 Å². The van der Waals surface area contributed by atoms with Gasteiger partial charge in [-0.05, 0) is 44.2 Å². The molecule has 2 N–H and O–H groups in total. The van der Waals surface area contributed by atoms with Gasteiger partial charge in [0.25, 0.3) is 0 Å². The molecule has 1 aliphatic rings. The molecule has 1 aromatic heterocycles. The van der Waals surface area contributed by atoms with E-state index in [4.69, 9.17) is 0 Å². The molecule has 4 heteroatoms. The van der Waals surface area contributed by atoms with E-state index in [0.717, 1.165) is 23.6 Å². The van der Waals surface area contributed by atoms with Gasteiger partial charge in [-0.15, -0.1) is 0 Å². The monoisotopic (exact) mass is 245 g/mol. The number of rotatable bonds is 4. The molecule has 1 aromatic carbocycles. The van der Waals surface area contributed by atoms with E-state index in [1.165, 1.54) is 30.7 Å². The van der Waals surface area contributed by atoms with E-state index in [0.29, 0.717) is 5.92 Å². The molecular weight excluding hydrogens is 229 g/mol. The van der Waals surface area contributed by atoms with Gasteiger partial charge >= 0.3 is 0 Å². The molecule has 2 aromatic rings. The van der Waals surface area contributed by atoms with Crippen molar-refractivity contribution in [1.29, 1.82) is 0 Å². The van der Waals surface area contributed by atoms with Crippen molar-refractivity contribution in [3.63, 3.8) is 0 Å². The first-order valence-electron chi connectivity index (χ1n) is 6.27. The Labute approximate surface area is 105 Å². The van der Waals surface area contributed by atoms with Crippen LogP contribution in [-0.4, -0.2) is 17.0 Å². The number of aromatic amines is 1. The van der Waals surface area contributed by atoms with Gasteiger partial charge in [-0.1, -0.05) is 0 Å². The lowest BCUT2D eigenvalue weighted by Crippen LogP contribution is -2.07. The van der Waals surface area contributed by atoms with Gasteiger partial charge in [-0.3, -0.25) is 0 Å². The van der Waals surface area contributed by atoms with Crippen LogP contribution in [0.3, 0.4) is 0 Å². The lowest BCUT2D eigenvalue weighted by molar-refractivity contribution is 0.628. The number of aromatic nitrogens is 2. The first-order chi connectivity index (χ1) is 8.78. The summed E-state index contributed by atoms with van der Waals surface area (Å²) in [4.78, 5) is 8.02. The van der Waals surface area contributed by atoms with Crippen LogP contribution in [0, 0.1) is 5.82 Å². The van der Waals surface area contributed by atoms with Crippen LogP contribution in [-0.2, 0) is 6.54 Å². The van der Waals surface area contributed by atoms with E-state index < -0.39 is 0 Å². The Bertz CT molecular complexity index is 541. The van der Waals surface area contributed by atoms with E-state index in [-0.39, 0.29) is 5.82 Å². The average Bonchev–Trinajstić information content (AvgIpc) is 3.13. The normalized spacial score (nSPS) is 15.0. The maximum atomic E-state index is 12.9. The predicted octanol–water partition coefficient (Wildman–Crippen LogP) is 2.81. The highest BCUT2D eigenvalue weighted by Crippen LogP contribution is 2.41. The molecule has 18 heavy (non-hydrogen) atoms. The number of imidazole rings is 1. The Morgan fingerprint density at radius 2 is 2.06 bits per heavy atom. The second-order valence-electron chi connectivity index (χ2n) is 4.76. The van der Waals surface area contributed by atoms with E-state index in [1.807, 2.05) is 7.05 Å². The first kappa shape index (κ1) is 11.4. The van der Waals surface area contributed by atoms with E-state index in [9.17, 15) is 4.39 Å². The number of nitrogens with zero attached hydrogens (tertiary/aromatic N) is 1. The van der Waals surface area contributed by atoms with Crippen molar-refractivity contribution < 1.29 is 4.39 Å². The summed E-state index contributed by atoms with van der Waals surface area (Å²) in [6.45, 7) is 0.792. The van der Waals surface area contributed by atoms with Crippen molar-refractivity contribution in [3.8, 4) is 11.4 Å². The van der Waals surface area contributed by atoms with Gasteiger partial charge in [0, 0.05) is 18.0 Å². The van der Waals surface area contributed by atoms with Crippen LogP contribution in [0.4, 0.5) is 4.39 Å². The highest BCUT2D eigenvalue weighted by molar-refractivity contribution is 5.56. The molecule has 0 saturated heterocycles. The summed E-state index contributed by atoms with van der Waals surface area (Å²) >= 11 is 0. The van der Waals surface area contributed by atoms with Crippen LogP contribution >= 0.6 is 0 Å². The smallest absolute Gasteiger partial charge is 0.137 e. The molecule has 0 atom stereocenters. The van der Waals surface area contributed by atoms with Crippen LogP contribution in [0.1, 0.15) is 30.1 Å². The zero-order valence-corrected chi connectivity index (χ0v) is 10.3. The minimum absolute atomic E-state index is 0.219. The third kappa shape index (κ3) is 2.16. The first-order valence-corrected chi connectivity index (χ1v) is 6.27. The lowest BCUT2D eigenvalue weighted by atomic mass is 10.2. The molecule has 1 saturated carbocycles. The third-order valence-corrected chi connectivity index (χ3v) is 3.25. The maximum absolute atomic E-state index is 12.9. The minimum atomic E-state index is -0.219. The Kier molecular flexibility index (Phi) is 2.88. The molecule has 3 rings (SSSR count). The number of halogens is 1. The largest absolute Gasteiger partial charge is 0.341 e. The molecule has 1 aliphatic carbocycles. The Morgan fingerprint density at radius 1 is 1.33 bits per heavy atom. The zero-order valence-electron chi connectivity index (χ0n) is 10.3. The van der Waals surface area contributed by atoms with E-state index >= 15 is 0 Å². The quantitative estimate of drug-likeness (QED) is 0.869. The van der Waals surface area contributed by atoms with Gasteiger partial charge < -0.3 is 10.3 Å². The number of nitrogens with one attached hydrogen (secondary N) is 2. The fourth-order valence-electron chi connectivity index (χ4n) is 2.17. The van der Waals surface area contributed by atoms with Gasteiger partial charge in [0.1, 0.15) is 11.6 Å². The van der Waals surface area contributed by atoms with Crippen molar-refractivity contribution in [2.24, 2.45) is 0 Å². The summed E-state index contributed by atoms with van der Waals surface area (Å²) in [5, 5.41) is 3.15. The van der Waals surface area contributed by atoms with Crippen LogP contribution in [0.25, 0.3) is 11.4 Å². The van der Waals surface area contributed by atoms with Gasteiger partial charge in [0.2, 0.25) is 0 Å². The molecule has 0 amide bonds. The second-order valence-corrected chi connectivity index (χ2v) is 4.76. The molecule has 3 nitrogen and oxygen atoms in total. The van der Waals surface area contributed by atoms with Crippen molar-refractivity contribution in [3.05, 3.63) is 41.5 Å². The van der Waals surface area contributed by atoms with Crippen molar-refractivity contribution >= 4 is 0 Å². The molecule has 94 valence electrons. The number of H-pyrrole nitrogens is 1. The van der Waals surface area contributed by atoms with E-state index in [1.54, 1.807) is 12.1 Å². The van der Waals surface area contributed by atoms with E-state index in [2.05, 4.69) is 15.3 Å². The van der Waals surface area contributed by atoms with Gasteiger partial charge in [0.05, 0.1) is 11.4 Å². The fourth-order valence-corrected chi connectivity index (χ4v) is 2.17. The maximum Gasteiger partial charge on any atom is 0.137 e. The molecule has 0 radical (unpaired) electrons. The lowest BCUT2D eigenvalue weighted by Gasteiger charge is -1.98. The van der Waals surface area contributed by atoms with Crippen molar-refractivity contribution in [2.75, 3.05) is 7.05 Å². The van der Waals surface area contributed by atoms with Gasteiger partial charge in [-0.25, -0.2) is 9.37 Å². The standard InChI is InChI=1S/C14H16FN3/c1-16-8-12-13(9-2-3-9)18-14(17-12)10-4-6-11(15)7-5-10/h4-7,9,16H,2-3,8H2,1H3,(H,17,18). The Morgan fingerprint density at radius 3 is 2.67 bits per heavy atom. The number of hydrogen-bond acceptors (Lipinski definition) is 2. The molecule has 0 aliphatic heterocycles. The Hall–Kier alpha value is -1.68. The number of benzene rings is 1. The summed E-state index contributed by atoms with van der Waals surface area (Å²) in [5.74, 6) is 1.23. The summed E-state index contributed by atoms with van der Waals surface area (Å²) < 4.78 is 12.9. The highest BCUT2D eigenvalue weighted by Gasteiger charge is 2.29. The van der Waals surface area contributed by atoms with Gasteiger partial charge in [0.15, 0.2) is 0 Å². The van der Waals surface area contributed by atoms with Crippen LogP contribution < -0.4 is 5.32 Å². The van der Waals surface area contributed by atoms with Crippen LogP contribution in [0.5, 0.6) is 0 Å². The molecule has 0 unspecified atom stereocenters. The topological polar surface area (TPSA) is 40.7 Å². The highest BCUT2D eigenvalue weighted by atomic mass is 19.1. The molecule has 0 spiro atoms. The average molecular weight is 245 g/mol. The Balaban J connectivity index is 1.96. The summed E-state index contributed by atoms with van der Waals surface area (Å²) in [5.41, 5.74) is 3.25. The fraction of sp³-hybridized carbons (Fsp3) is 0.357. The summed E-state index contributed by atoms with van der Waals surface area (Å²) in [7, 11) is 1.93. The number of hydrogen-bond donors (Lipinski definition) is 2. The van der Waals surface area contributed by atoms with Crippen molar-refractivity contribution in [1.82, 2.24) is 15.3 Å². The second kappa shape index (κ2) is 4.53. The molecule has 1 heterocycles. The zero-order chi connectivity index (χ0) is 12.5. The van der Waals surface area contributed by atoms with Gasteiger partial charge in [-0.2, -0.15) is 0 Å². The summed E-state index contributed by atoms with van der Waals surface area (Å²) in [6.07, 6.45) is 2.45. The predicted molar refractivity (Wildman–Crippen MR) is 68.7 cm³/mol. The SMILES string of the molecule is CNCc1[nH]c(-c2ccc(F)cc2)nc1C1CC1. The molecule has 1 fully saturated rings. The third-order valence-electron chi connectivity index (χ3n) is 3.25. The molecule has 0 bridgehead atoms.